The van der Waals surface area contributed by atoms with Crippen molar-refractivity contribution >= 4 is 21.8 Å². The number of hydrogen-bond donors (Lipinski definition) is 3. The van der Waals surface area contributed by atoms with Gasteiger partial charge in [0, 0.05) is 32.0 Å². The van der Waals surface area contributed by atoms with Gasteiger partial charge in [0.05, 0.1) is 23.6 Å². The molecule has 2 aromatic carbocycles. The number of hydrazine groups is 1. The molecule has 3 N–H and O–H groups in total. The van der Waals surface area contributed by atoms with Crippen LogP contribution in [0.3, 0.4) is 0 Å². The third-order valence-electron chi connectivity index (χ3n) is 6.53. The highest BCUT2D eigenvalue weighted by atomic mass is 32.2. The lowest BCUT2D eigenvalue weighted by Gasteiger charge is -2.37. The number of benzene rings is 2. The van der Waals surface area contributed by atoms with E-state index in [2.05, 4.69) is 16.7 Å². The first kappa shape index (κ1) is 31.3. The van der Waals surface area contributed by atoms with E-state index < -0.39 is 34.0 Å². The molecule has 2 atom stereocenters. The van der Waals surface area contributed by atoms with E-state index in [9.17, 15) is 23.1 Å². The Balaban J connectivity index is 1.94. The van der Waals surface area contributed by atoms with Crippen molar-refractivity contribution in [3.8, 4) is 12.3 Å². The third kappa shape index (κ3) is 9.45. The van der Waals surface area contributed by atoms with E-state index >= 15 is 0 Å². The number of nitrogens with one attached hydrogen (secondary N) is 2. The highest BCUT2D eigenvalue weighted by molar-refractivity contribution is 7.89. The van der Waals surface area contributed by atoms with E-state index in [0.29, 0.717) is 0 Å². The normalized spacial score (nSPS) is 14.9. The number of carbonyl (C=O) groups excluding carboxylic acids is 2. The van der Waals surface area contributed by atoms with Gasteiger partial charge in [-0.2, -0.15) is 4.31 Å². The fourth-order valence-corrected chi connectivity index (χ4v) is 5.98. The maximum Gasteiger partial charge on any atom is 0.252 e. The predicted octanol–water partition coefficient (Wildman–Crippen LogP) is 2.33. The largest absolute Gasteiger partial charge is 0.390 e. The Kier molecular flexibility index (Phi) is 11.7. The average Bonchev–Trinajstić information content (AvgIpc) is 3.77. The molecule has 0 saturated heterocycles. The Morgan fingerprint density at radius 1 is 1.05 bits per heavy atom. The van der Waals surface area contributed by atoms with E-state index in [-0.39, 0.29) is 55.8 Å². The first-order valence-corrected chi connectivity index (χ1v) is 15.1. The quantitative estimate of drug-likeness (QED) is 0.224. The summed E-state index contributed by atoms with van der Waals surface area (Å²) in [4.78, 5) is 26.3. The lowest BCUT2D eigenvalue weighted by atomic mass is 9.99. The molecule has 0 heterocycles. The van der Waals surface area contributed by atoms with Crippen LogP contribution in [0.2, 0.25) is 0 Å². The molecule has 2 amide bonds. The number of terminal acetylenes is 1. The first-order chi connectivity index (χ1) is 19.1. The van der Waals surface area contributed by atoms with Crippen LogP contribution in [0.1, 0.15) is 45.1 Å². The summed E-state index contributed by atoms with van der Waals surface area (Å²) in [5, 5.41) is 15.9. The maximum atomic E-state index is 13.6. The van der Waals surface area contributed by atoms with Crippen LogP contribution in [0.5, 0.6) is 0 Å². The SMILES string of the molecule is C#CCCC(=O)N(NC(=O)CNC1CC1)C(Cc1ccccc1)[C@H](O)CN(CC(C)C)S(=O)(=O)c1ccccc1. The van der Waals surface area contributed by atoms with Gasteiger partial charge in [-0.05, 0) is 42.9 Å². The highest BCUT2D eigenvalue weighted by Gasteiger charge is 2.36. The van der Waals surface area contributed by atoms with Gasteiger partial charge in [0.1, 0.15) is 0 Å². The summed E-state index contributed by atoms with van der Waals surface area (Å²) in [6.07, 6.45) is 6.36. The van der Waals surface area contributed by atoms with E-state index in [4.69, 9.17) is 6.42 Å². The van der Waals surface area contributed by atoms with Crippen molar-refractivity contribution in [1.82, 2.24) is 20.1 Å². The lowest BCUT2D eigenvalue weighted by Crippen LogP contribution is -2.60. The smallest absolute Gasteiger partial charge is 0.252 e. The van der Waals surface area contributed by atoms with Crippen LogP contribution in [0.25, 0.3) is 0 Å². The van der Waals surface area contributed by atoms with Crippen molar-refractivity contribution in [3.05, 3.63) is 66.2 Å². The van der Waals surface area contributed by atoms with Gasteiger partial charge >= 0.3 is 0 Å². The zero-order chi connectivity index (χ0) is 29.1. The second-order valence-corrected chi connectivity index (χ2v) is 12.4. The van der Waals surface area contributed by atoms with Crippen LogP contribution < -0.4 is 10.7 Å². The Labute approximate surface area is 238 Å². The Morgan fingerprint density at radius 3 is 2.25 bits per heavy atom. The molecular weight excluding hydrogens is 528 g/mol. The molecule has 0 aromatic heterocycles. The number of hydrogen-bond acceptors (Lipinski definition) is 6. The van der Waals surface area contributed by atoms with Crippen molar-refractivity contribution in [3.63, 3.8) is 0 Å². The van der Waals surface area contributed by atoms with Gasteiger partial charge in [-0.1, -0.05) is 62.4 Å². The van der Waals surface area contributed by atoms with Crippen LogP contribution >= 0.6 is 0 Å². The second kappa shape index (κ2) is 15.0. The van der Waals surface area contributed by atoms with Crippen molar-refractivity contribution < 1.29 is 23.1 Å². The fraction of sp³-hybridized carbons (Fsp3) is 0.467. The van der Waals surface area contributed by atoms with Crippen LogP contribution in [-0.2, 0) is 26.0 Å². The minimum atomic E-state index is -3.95. The lowest BCUT2D eigenvalue weighted by molar-refractivity contribution is -0.147. The molecular formula is C30H40N4O5S. The van der Waals surface area contributed by atoms with Gasteiger partial charge in [0.15, 0.2) is 0 Å². The summed E-state index contributed by atoms with van der Waals surface area (Å²) < 4.78 is 28.4. The molecule has 0 radical (unpaired) electrons. The number of sulfonamides is 1. The highest BCUT2D eigenvalue weighted by Crippen LogP contribution is 2.21. The molecule has 1 unspecified atom stereocenters. The number of nitrogens with zero attached hydrogens (tertiary/aromatic N) is 2. The van der Waals surface area contributed by atoms with E-state index in [1.807, 2.05) is 44.2 Å². The summed E-state index contributed by atoms with van der Waals surface area (Å²) in [6.45, 7) is 3.69. The van der Waals surface area contributed by atoms with Gasteiger partial charge in [-0.3, -0.25) is 15.0 Å². The van der Waals surface area contributed by atoms with E-state index in [1.54, 1.807) is 18.2 Å². The molecule has 1 saturated carbocycles. The molecule has 2 aromatic rings. The average molecular weight is 569 g/mol. The van der Waals surface area contributed by atoms with Crippen LogP contribution in [0, 0.1) is 18.3 Å². The molecule has 0 aliphatic heterocycles. The molecule has 1 aliphatic carbocycles. The van der Waals surface area contributed by atoms with Crippen molar-refractivity contribution in [2.45, 2.75) is 69.0 Å². The van der Waals surface area contributed by atoms with Gasteiger partial charge in [0.2, 0.25) is 15.9 Å². The van der Waals surface area contributed by atoms with Crippen LogP contribution in [0.4, 0.5) is 0 Å². The molecule has 9 nitrogen and oxygen atoms in total. The summed E-state index contributed by atoms with van der Waals surface area (Å²) in [6, 6.07) is 16.6. The standard InChI is InChI=1S/C30H40N4O5S/c1-4-5-16-30(37)34(32-29(36)20-31-25-17-18-25)27(19-24-12-8-6-9-13-24)28(35)22-33(21-23(2)3)40(38,39)26-14-10-7-11-15-26/h1,6-15,23,25,27-28,31,35H,5,16-22H2,2-3H3,(H,32,36)/t27?,28-/m1/s1. The minimum absolute atomic E-state index is 0.0135. The number of rotatable bonds is 15. The fourth-order valence-electron chi connectivity index (χ4n) is 4.33. The van der Waals surface area contributed by atoms with Crippen molar-refractivity contribution in [2.75, 3.05) is 19.6 Å². The van der Waals surface area contributed by atoms with Crippen molar-refractivity contribution in [2.24, 2.45) is 5.92 Å². The molecule has 0 bridgehead atoms. The number of amides is 2. The summed E-state index contributed by atoms with van der Waals surface area (Å²) >= 11 is 0. The number of carbonyl (C=O) groups is 2. The first-order valence-electron chi connectivity index (χ1n) is 13.7. The molecule has 216 valence electrons. The van der Waals surface area contributed by atoms with Gasteiger partial charge in [-0.25, -0.2) is 13.4 Å². The molecule has 0 spiro atoms. The maximum absolute atomic E-state index is 13.6. The van der Waals surface area contributed by atoms with Crippen LogP contribution in [-0.4, -0.2) is 72.5 Å². The minimum Gasteiger partial charge on any atom is -0.390 e. The Hall–Kier alpha value is -3.23. The third-order valence-corrected chi connectivity index (χ3v) is 8.38. The Bertz CT molecular complexity index is 1240. The zero-order valence-electron chi connectivity index (χ0n) is 23.2. The zero-order valence-corrected chi connectivity index (χ0v) is 24.0. The van der Waals surface area contributed by atoms with Crippen LogP contribution in [0.15, 0.2) is 65.6 Å². The number of aliphatic hydroxyl groups excluding tert-OH is 1. The van der Waals surface area contributed by atoms with E-state index in [1.165, 1.54) is 16.4 Å². The summed E-state index contributed by atoms with van der Waals surface area (Å²) in [7, 11) is -3.95. The summed E-state index contributed by atoms with van der Waals surface area (Å²) in [5.41, 5.74) is 3.49. The monoisotopic (exact) mass is 568 g/mol. The molecule has 1 aliphatic rings. The molecule has 1 fully saturated rings. The van der Waals surface area contributed by atoms with Crippen molar-refractivity contribution in [1.29, 1.82) is 0 Å². The Morgan fingerprint density at radius 2 is 1.68 bits per heavy atom. The summed E-state index contributed by atoms with van der Waals surface area (Å²) in [5.74, 6) is 1.53. The molecule has 10 heteroatoms. The second-order valence-electron chi connectivity index (χ2n) is 10.5. The topological polar surface area (TPSA) is 119 Å². The predicted molar refractivity (Wildman–Crippen MR) is 154 cm³/mol. The molecule has 3 rings (SSSR count). The van der Waals surface area contributed by atoms with Gasteiger partial charge in [0.25, 0.3) is 5.91 Å². The van der Waals surface area contributed by atoms with E-state index in [0.717, 1.165) is 23.4 Å². The van der Waals surface area contributed by atoms with Gasteiger partial charge < -0.3 is 10.4 Å². The van der Waals surface area contributed by atoms with Gasteiger partial charge in [-0.15, -0.1) is 12.3 Å². The number of aliphatic hydroxyl groups is 1. The molecule has 40 heavy (non-hydrogen) atoms.